The molecule has 158 valence electrons. The van der Waals surface area contributed by atoms with Crippen molar-refractivity contribution in [3.63, 3.8) is 0 Å². The molecular weight excluding hydrogens is 370 g/mol. The van der Waals surface area contributed by atoms with Gasteiger partial charge in [-0.15, -0.1) is 0 Å². The van der Waals surface area contributed by atoms with Gasteiger partial charge in [0.05, 0.1) is 5.92 Å². The molecule has 1 aromatic rings. The highest BCUT2D eigenvalue weighted by Gasteiger charge is 2.38. The van der Waals surface area contributed by atoms with E-state index >= 15 is 0 Å². The van der Waals surface area contributed by atoms with Crippen LogP contribution in [0.3, 0.4) is 0 Å². The molecule has 0 radical (unpaired) electrons. The first kappa shape index (κ1) is 19.9. The summed E-state index contributed by atoms with van der Waals surface area (Å²) >= 11 is 0. The molecular formula is C21H31N5O3. The van der Waals surface area contributed by atoms with Crippen molar-refractivity contribution in [3.8, 4) is 0 Å². The Morgan fingerprint density at radius 2 is 1.83 bits per heavy atom. The Labute approximate surface area is 171 Å². The second-order valence-corrected chi connectivity index (χ2v) is 8.50. The number of nitrogens with zero attached hydrogens (tertiary/aromatic N) is 5. The first-order valence-electron chi connectivity index (χ1n) is 10.9. The molecule has 0 saturated carbocycles. The van der Waals surface area contributed by atoms with Crippen LogP contribution in [0, 0.1) is 11.8 Å². The minimum absolute atomic E-state index is 0.0383. The Hall–Kier alpha value is -2.38. The van der Waals surface area contributed by atoms with Crippen LogP contribution >= 0.6 is 0 Å². The molecule has 1 unspecified atom stereocenters. The summed E-state index contributed by atoms with van der Waals surface area (Å²) in [6, 6.07) is 1.78. The Kier molecular flexibility index (Phi) is 5.87. The van der Waals surface area contributed by atoms with E-state index in [2.05, 4.69) is 5.10 Å². The average Bonchev–Trinajstić information content (AvgIpc) is 3.49. The highest BCUT2D eigenvalue weighted by Crippen LogP contribution is 2.26. The van der Waals surface area contributed by atoms with Gasteiger partial charge in [0.25, 0.3) is 5.91 Å². The second-order valence-electron chi connectivity index (χ2n) is 8.50. The molecule has 0 N–H and O–H groups in total. The van der Waals surface area contributed by atoms with Crippen molar-refractivity contribution in [2.45, 2.75) is 45.6 Å². The normalized spacial score (nSPS) is 23.3. The number of piperidine rings is 1. The van der Waals surface area contributed by atoms with Crippen molar-refractivity contribution >= 4 is 17.7 Å². The zero-order valence-electron chi connectivity index (χ0n) is 17.3. The maximum Gasteiger partial charge on any atom is 0.272 e. The molecule has 3 amide bonds. The fourth-order valence-corrected chi connectivity index (χ4v) is 4.87. The summed E-state index contributed by atoms with van der Waals surface area (Å²) in [6.07, 6.45) is 5.95. The maximum absolute atomic E-state index is 12.7. The Balaban J connectivity index is 1.27. The molecule has 1 aromatic heterocycles. The molecule has 8 heteroatoms. The monoisotopic (exact) mass is 401 g/mol. The Morgan fingerprint density at radius 3 is 2.52 bits per heavy atom. The molecule has 3 aliphatic rings. The van der Waals surface area contributed by atoms with Gasteiger partial charge >= 0.3 is 0 Å². The van der Waals surface area contributed by atoms with Crippen LogP contribution in [-0.2, 0) is 16.1 Å². The molecule has 8 nitrogen and oxygen atoms in total. The van der Waals surface area contributed by atoms with Gasteiger partial charge in [-0.05, 0) is 44.6 Å². The lowest BCUT2D eigenvalue weighted by atomic mass is 9.96. The molecule has 3 aliphatic heterocycles. The van der Waals surface area contributed by atoms with Gasteiger partial charge < -0.3 is 14.7 Å². The van der Waals surface area contributed by atoms with Gasteiger partial charge in [0.2, 0.25) is 11.8 Å². The number of hydrogen-bond donors (Lipinski definition) is 0. The van der Waals surface area contributed by atoms with E-state index in [0.29, 0.717) is 50.8 Å². The number of carbonyl (C=O) groups excluding carboxylic acids is 3. The molecule has 4 heterocycles. The lowest BCUT2D eigenvalue weighted by Crippen LogP contribution is -2.42. The van der Waals surface area contributed by atoms with Crippen LogP contribution in [0.1, 0.15) is 49.5 Å². The van der Waals surface area contributed by atoms with Crippen LogP contribution in [0.15, 0.2) is 12.3 Å². The number of amides is 3. The molecule has 0 aromatic carbocycles. The third-order valence-corrected chi connectivity index (χ3v) is 6.60. The number of aromatic nitrogens is 2. The van der Waals surface area contributed by atoms with Crippen LogP contribution in [0.2, 0.25) is 0 Å². The number of aryl methyl sites for hydroxylation is 1. The van der Waals surface area contributed by atoms with Gasteiger partial charge in [-0.1, -0.05) is 0 Å². The van der Waals surface area contributed by atoms with E-state index in [9.17, 15) is 14.4 Å². The predicted molar refractivity (Wildman–Crippen MR) is 107 cm³/mol. The summed E-state index contributed by atoms with van der Waals surface area (Å²) in [5.41, 5.74) is 0.643. The largest absolute Gasteiger partial charge is 0.342 e. The van der Waals surface area contributed by atoms with Crippen molar-refractivity contribution in [2.24, 2.45) is 11.8 Å². The van der Waals surface area contributed by atoms with E-state index in [4.69, 9.17) is 0 Å². The van der Waals surface area contributed by atoms with Crippen molar-refractivity contribution in [2.75, 3.05) is 39.3 Å². The summed E-state index contributed by atoms with van der Waals surface area (Å²) in [5.74, 6) is 0.520. The van der Waals surface area contributed by atoms with E-state index in [1.165, 1.54) is 0 Å². The Morgan fingerprint density at radius 1 is 1.10 bits per heavy atom. The highest BCUT2D eigenvalue weighted by molar-refractivity contribution is 5.92. The smallest absolute Gasteiger partial charge is 0.272 e. The van der Waals surface area contributed by atoms with Crippen LogP contribution < -0.4 is 0 Å². The van der Waals surface area contributed by atoms with Crippen molar-refractivity contribution in [1.82, 2.24) is 24.5 Å². The van der Waals surface area contributed by atoms with Crippen molar-refractivity contribution in [1.29, 1.82) is 0 Å². The van der Waals surface area contributed by atoms with E-state index in [-0.39, 0.29) is 23.6 Å². The first-order valence-corrected chi connectivity index (χ1v) is 10.9. The molecule has 0 bridgehead atoms. The quantitative estimate of drug-likeness (QED) is 0.743. The lowest BCUT2D eigenvalue weighted by Gasteiger charge is -2.34. The molecule has 0 aliphatic carbocycles. The summed E-state index contributed by atoms with van der Waals surface area (Å²) in [6.45, 7) is 7.01. The maximum atomic E-state index is 12.7. The summed E-state index contributed by atoms with van der Waals surface area (Å²) in [4.78, 5) is 43.5. The predicted octanol–water partition coefficient (Wildman–Crippen LogP) is 1.23. The molecule has 3 fully saturated rings. The molecule has 29 heavy (non-hydrogen) atoms. The van der Waals surface area contributed by atoms with E-state index in [1.807, 2.05) is 21.6 Å². The SMILES string of the molecule is CCn1nccc1C(=O)N1CCC(CN2CC(C(=O)N3CCCC3)CC2=O)CC1. The fraction of sp³-hybridized carbons (Fsp3) is 0.714. The Bertz CT molecular complexity index is 762. The zero-order chi connectivity index (χ0) is 20.4. The number of likely N-dealkylation sites (tertiary alicyclic amines) is 3. The average molecular weight is 402 g/mol. The highest BCUT2D eigenvalue weighted by atomic mass is 16.2. The molecule has 1 atom stereocenters. The van der Waals surface area contributed by atoms with E-state index < -0.39 is 0 Å². The van der Waals surface area contributed by atoms with Crippen molar-refractivity contribution < 1.29 is 14.4 Å². The topological polar surface area (TPSA) is 78.8 Å². The lowest BCUT2D eigenvalue weighted by molar-refractivity contribution is -0.134. The van der Waals surface area contributed by atoms with Gasteiger partial charge in [0.15, 0.2) is 0 Å². The van der Waals surface area contributed by atoms with Crippen LogP contribution in [0.4, 0.5) is 0 Å². The second kappa shape index (κ2) is 8.55. The minimum Gasteiger partial charge on any atom is -0.342 e. The van der Waals surface area contributed by atoms with Gasteiger partial charge in [0.1, 0.15) is 5.69 Å². The molecule has 0 spiro atoms. The number of rotatable bonds is 5. The van der Waals surface area contributed by atoms with Crippen LogP contribution in [0.5, 0.6) is 0 Å². The minimum atomic E-state index is -0.170. The van der Waals surface area contributed by atoms with E-state index in [0.717, 1.165) is 38.8 Å². The van der Waals surface area contributed by atoms with Crippen LogP contribution in [-0.4, -0.2) is 81.5 Å². The molecule has 4 rings (SSSR count). The molecule has 3 saturated heterocycles. The zero-order valence-corrected chi connectivity index (χ0v) is 17.3. The van der Waals surface area contributed by atoms with Crippen molar-refractivity contribution in [3.05, 3.63) is 18.0 Å². The fourth-order valence-electron chi connectivity index (χ4n) is 4.87. The third-order valence-electron chi connectivity index (χ3n) is 6.60. The van der Waals surface area contributed by atoms with E-state index in [1.54, 1.807) is 16.9 Å². The van der Waals surface area contributed by atoms with Gasteiger partial charge in [-0.2, -0.15) is 5.10 Å². The first-order chi connectivity index (χ1) is 14.1. The summed E-state index contributed by atoms with van der Waals surface area (Å²) in [7, 11) is 0. The summed E-state index contributed by atoms with van der Waals surface area (Å²) < 4.78 is 1.73. The van der Waals surface area contributed by atoms with Gasteiger partial charge in [0, 0.05) is 58.4 Å². The standard InChI is InChI=1S/C21H31N5O3/c1-2-26-18(5-8-22-26)21(29)24-11-6-16(7-12-24)14-25-15-17(13-19(25)27)20(28)23-9-3-4-10-23/h5,8,16-17H,2-4,6-7,9-15H2,1H3. The number of hydrogen-bond acceptors (Lipinski definition) is 4. The van der Waals surface area contributed by atoms with Gasteiger partial charge in [-0.25, -0.2) is 0 Å². The number of carbonyl (C=O) groups is 3. The van der Waals surface area contributed by atoms with Gasteiger partial charge in [-0.3, -0.25) is 19.1 Å². The summed E-state index contributed by atoms with van der Waals surface area (Å²) in [5, 5.41) is 4.19. The third kappa shape index (κ3) is 4.16. The van der Waals surface area contributed by atoms with Crippen LogP contribution in [0.25, 0.3) is 0 Å².